The van der Waals surface area contributed by atoms with Gasteiger partial charge in [0.2, 0.25) is 0 Å². The Hall–Kier alpha value is -2.79. The molecule has 4 rings (SSSR count). The maximum Gasteiger partial charge on any atom is 0.166 e. The number of hydrogen-bond donors (Lipinski definition) is 1. The Morgan fingerprint density at radius 1 is 1.21 bits per heavy atom. The second-order valence-electron chi connectivity index (χ2n) is 6.89. The van der Waals surface area contributed by atoms with Gasteiger partial charge in [0.15, 0.2) is 11.5 Å². The van der Waals surface area contributed by atoms with E-state index < -0.39 is 0 Å². The number of halogens is 1. The van der Waals surface area contributed by atoms with Gasteiger partial charge in [0.1, 0.15) is 18.8 Å². The molecule has 0 atom stereocenters. The van der Waals surface area contributed by atoms with E-state index >= 15 is 0 Å². The third-order valence-corrected chi connectivity index (χ3v) is 5.09. The SMILES string of the molecule is CCCc1cncnc1N1CCOc2c(O)cc(-c3cccc(Cl)c3)cc2C1. The second kappa shape index (κ2) is 8.07. The molecule has 2 aromatic carbocycles. The summed E-state index contributed by atoms with van der Waals surface area (Å²) < 4.78 is 5.88. The first-order valence-corrected chi connectivity index (χ1v) is 9.82. The summed E-state index contributed by atoms with van der Waals surface area (Å²) in [6, 6.07) is 11.4. The lowest BCUT2D eigenvalue weighted by atomic mass is 10.0. The minimum Gasteiger partial charge on any atom is -0.504 e. The van der Waals surface area contributed by atoms with Gasteiger partial charge >= 0.3 is 0 Å². The highest BCUT2D eigenvalue weighted by molar-refractivity contribution is 6.30. The van der Waals surface area contributed by atoms with Crippen LogP contribution in [0, 0.1) is 0 Å². The number of nitrogens with zero attached hydrogens (tertiary/aromatic N) is 3. The summed E-state index contributed by atoms with van der Waals surface area (Å²) in [5.41, 5.74) is 3.91. The molecule has 0 fully saturated rings. The zero-order chi connectivity index (χ0) is 19.5. The average Bonchev–Trinajstić information content (AvgIpc) is 2.91. The maximum atomic E-state index is 10.6. The topological polar surface area (TPSA) is 58.5 Å². The number of anilines is 1. The summed E-state index contributed by atoms with van der Waals surface area (Å²) in [5, 5.41) is 11.2. The van der Waals surface area contributed by atoms with E-state index in [1.54, 1.807) is 12.4 Å². The smallest absolute Gasteiger partial charge is 0.166 e. The van der Waals surface area contributed by atoms with E-state index in [1.165, 1.54) is 0 Å². The molecule has 3 aromatic rings. The zero-order valence-electron chi connectivity index (χ0n) is 15.7. The van der Waals surface area contributed by atoms with Crippen molar-refractivity contribution in [2.24, 2.45) is 0 Å². The molecule has 2 heterocycles. The van der Waals surface area contributed by atoms with Crippen LogP contribution in [0.1, 0.15) is 24.5 Å². The van der Waals surface area contributed by atoms with E-state index in [1.807, 2.05) is 30.5 Å². The number of phenolic OH excluding ortho intramolecular Hbond substituents is 1. The number of rotatable bonds is 4. The number of phenols is 1. The Bertz CT molecular complexity index is 993. The van der Waals surface area contributed by atoms with E-state index in [0.717, 1.165) is 40.9 Å². The van der Waals surface area contributed by atoms with Gasteiger partial charge < -0.3 is 14.7 Å². The minimum absolute atomic E-state index is 0.144. The lowest BCUT2D eigenvalue weighted by Gasteiger charge is -2.23. The van der Waals surface area contributed by atoms with Crippen LogP contribution in [-0.4, -0.2) is 28.2 Å². The zero-order valence-corrected chi connectivity index (χ0v) is 16.5. The van der Waals surface area contributed by atoms with Gasteiger partial charge in [0.05, 0.1) is 6.54 Å². The van der Waals surface area contributed by atoms with Gasteiger partial charge in [-0.3, -0.25) is 0 Å². The number of aryl methyl sites for hydroxylation is 1. The lowest BCUT2D eigenvalue weighted by molar-refractivity contribution is 0.311. The molecule has 0 saturated heterocycles. The Kier molecular flexibility index (Phi) is 5.35. The van der Waals surface area contributed by atoms with Crippen LogP contribution in [-0.2, 0) is 13.0 Å². The molecule has 1 aliphatic rings. The van der Waals surface area contributed by atoms with Crippen LogP contribution in [0.3, 0.4) is 0 Å². The van der Waals surface area contributed by atoms with Gasteiger partial charge in [0, 0.05) is 28.9 Å². The van der Waals surface area contributed by atoms with E-state index in [-0.39, 0.29) is 5.75 Å². The number of hydrogen-bond acceptors (Lipinski definition) is 5. The van der Waals surface area contributed by atoms with E-state index in [0.29, 0.717) is 30.5 Å². The molecule has 5 nitrogen and oxygen atoms in total. The summed E-state index contributed by atoms with van der Waals surface area (Å²) in [4.78, 5) is 10.9. The predicted octanol–water partition coefficient (Wildman–Crippen LogP) is 4.85. The van der Waals surface area contributed by atoms with Crippen LogP contribution < -0.4 is 9.64 Å². The Morgan fingerprint density at radius 3 is 2.93 bits per heavy atom. The van der Waals surface area contributed by atoms with Crippen molar-refractivity contribution in [2.45, 2.75) is 26.3 Å². The number of ether oxygens (including phenoxy) is 1. The molecule has 6 heteroatoms. The fourth-order valence-electron chi connectivity index (χ4n) is 3.60. The van der Waals surface area contributed by atoms with Crippen molar-refractivity contribution in [3.8, 4) is 22.6 Å². The van der Waals surface area contributed by atoms with Crippen molar-refractivity contribution in [1.29, 1.82) is 0 Å². The van der Waals surface area contributed by atoms with Crippen LogP contribution in [0.15, 0.2) is 48.9 Å². The van der Waals surface area contributed by atoms with Crippen molar-refractivity contribution < 1.29 is 9.84 Å². The van der Waals surface area contributed by atoms with Crippen molar-refractivity contribution in [3.63, 3.8) is 0 Å². The molecule has 1 aliphatic heterocycles. The quantitative estimate of drug-likeness (QED) is 0.684. The predicted molar refractivity (Wildman–Crippen MR) is 111 cm³/mol. The fraction of sp³-hybridized carbons (Fsp3) is 0.273. The van der Waals surface area contributed by atoms with Crippen molar-refractivity contribution >= 4 is 17.4 Å². The van der Waals surface area contributed by atoms with Gasteiger partial charge in [-0.1, -0.05) is 37.1 Å². The number of aromatic hydroxyl groups is 1. The maximum absolute atomic E-state index is 10.6. The van der Waals surface area contributed by atoms with Crippen LogP contribution in [0.25, 0.3) is 11.1 Å². The molecule has 0 unspecified atom stereocenters. The minimum atomic E-state index is 0.144. The molecular formula is C22H22ClN3O2. The highest BCUT2D eigenvalue weighted by Crippen LogP contribution is 2.38. The molecule has 0 aliphatic carbocycles. The third-order valence-electron chi connectivity index (χ3n) is 4.86. The molecule has 28 heavy (non-hydrogen) atoms. The lowest BCUT2D eigenvalue weighted by Crippen LogP contribution is -2.27. The van der Waals surface area contributed by atoms with Gasteiger partial charge in [0.25, 0.3) is 0 Å². The van der Waals surface area contributed by atoms with E-state index in [2.05, 4.69) is 27.9 Å². The first-order chi connectivity index (χ1) is 13.7. The normalized spacial score (nSPS) is 13.6. The molecule has 0 saturated carbocycles. The molecule has 0 bridgehead atoms. The fourth-order valence-corrected chi connectivity index (χ4v) is 3.79. The number of fused-ring (bicyclic) bond motifs is 1. The molecule has 1 N–H and O–H groups in total. The van der Waals surface area contributed by atoms with Crippen molar-refractivity contribution in [3.05, 3.63) is 65.1 Å². The van der Waals surface area contributed by atoms with Crippen LogP contribution in [0.2, 0.25) is 5.02 Å². The van der Waals surface area contributed by atoms with E-state index in [9.17, 15) is 5.11 Å². The van der Waals surface area contributed by atoms with Crippen molar-refractivity contribution in [1.82, 2.24) is 9.97 Å². The van der Waals surface area contributed by atoms with Crippen LogP contribution >= 0.6 is 11.6 Å². The Morgan fingerprint density at radius 2 is 2.11 bits per heavy atom. The first kappa shape index (κ1) is 18.6. The largest absolute Gasteiger partial charge is 0.504 e. The third kappa shape index (κ3) is 3.76. The monoisotopic (exact) mass is 395 g/mol. The number of aromatic nitrogens is 2. The Labute approximate surface area is 169 Å². The molecule has 0 radical (unpaired) electrons. The standard InChI is InChI=1S/C22H22ClN3O2/c1-2-4-16-12-24-14-25-22(16)26-7-8-28-21-18(13-26)9-17(11-20(21)27)15-5-3-6-19(23)10-15/h3,5-6,9-12,14,27H,2,4,7-8,13H2,1H3. The molecule has 0 spiro atoms. The van der Waals surface area contributed by atoms with Gasteiger partial charge in [-0.15, -0.1) is 0 Å². The van der Waals surface area contributed by atoms with Crippen molar-refractivity contribution in [2.75, 3.05) is 18.1 Å². The Balaban J connectivity index is 1.73. The van der Waals surface area contributed by atoms with Gasteiger partial charge in [-0.2, -0.15) is 0 Å². The molecule has 0 amide bonds. The second-order valence-corrected chi connectivity index (χ2v) is 7.32. The molecule has 144 valence electrons. The molecular weight excluding hydrogens is 374 g/mol. The summed E-state index contributed by atoms with van der Waals surface area (Å²) in [7, 11) is 0. The van der Waals surface area contributed by atoms with Crippen LogP contribution in [0.4, 0.5) is 5.82 Å². The van der Waals surface area contributed by atoms with Gasteiger partial charge in [-0.25, -0.2) is 9.97 Å². The van der Waals surface area contributed by atoms with E-state index in [4.69, 9.17) is 16.3 Å². The average molecular weight is 396 g/mol. The summed E-state index contributed by atoms with van der Waals surface area (Å²) in [6.07, 6.45) is 5.43. The highest BCUT2D eigenvalue weighted by Gasteiger charge is 2.22. The highest BCUT2D eigenvalue weighted by atomic mass is 35.5. The summed E-state index contributed by atoms with van der Waals surface area (Å²) >= 11 is 6.14. The molecule has 1 aromatic heterocycles. The number of benzene rings is 2. The summed E-state index contributed by atoms with van der Waals surface area (Å²) in [5.74, 6) is 1.62. The van der Waals surface area contributed by atoms with Gasteiger partial charge in [-0.05, 0) is 41.8 Å². The van der Waals surface area contributed by atoms with Crippen LogP contribution in [0.5, 0.6) is 11.5 Å². The first-order valence-electron chi connectivity index (χ1n) is 9.44. The summed E-state index contributed by atoms with van der Waals surface area (Å²) in [6.45, 7) is 3.92.